The SMILES string of the molecule is CCNC(=NCCc1cn2ccccc2n1)N1CC(C)(C)C1(C)C.I. The van der Waals surface area contributed by atoms with Gasteiger partial charge in [-0.1, -0.05) is 19.9 Å². The summed E-state index contributed by atoms with van der Waals surface area (Å²) in [5.74, 6) is 1.02. The Morgan fingerprint density at radius 2 is 2.04 bits per heavy atom. The van der Waals surface area contributed by atoms with E-state index in [0.29, 0.717) is 5.41 Å². The van der Waals surface area contributed by atoms with Crippen LogP contribution in [0.15, 0.2) is 35.6 Å². The van der Waals surface area contributed by atoms with Gasteiger partial charge in [0.2, 0.25) is 0 Å². The zero-order valence-corrected chi connectivity index (χ0v) is 18.2. The molecular weight excluding hydrogens is 425 g/mol. The van der Waals surface area contributed by atoms with E-state index in [1.807, 2.05) is 24.4 Å². The Labute approximate surface area is 167 Å². The minimum atomic E-state index is 0. The average Bonchev–Trinajstić information content (AvgIpc) is 2.94. The van der Waals surface area contributed by atoms with E-state index in [9.17, 15) is 0 Å². The highest BCUT2D eigenvalue weighted by Crippen LogP contribution is 2.46. The fraction of sp³-hybridized carbons (Fsp3) is 0.579. The lowest BCUT2D eigenvalue weighted by Gasteiger charge is -2.62. The van der Waals surface area contributed by atoms with Gasteiger partial charge in [-0.15, -0.1) is 24.0 Å². The van der Waals surface area contributed by atoms with Gasteiger partial charge in [-0.2, -0.15) is 0 Å². The van der Waals surface area contributed by atoms with Crippen molar-refractivity contribution in [3.8, 4) is 0 Å². The Morgan fingerprint density at radius 3 is 2.64 bits per heavy atom. The highest BCUT2D eigenvalue weighted by Gasteiger charge is 2.53. The van der Waals surface area contributed by atoms with E-state index in [-0.39, 0.29) is 29.5 Å². The summed E-state index contributed by atoms with van der Waals surface area (Å²) in [7, 11) is 0. The number of aliphatic imine (C=N–C) groups is 1. The maximum absolute atomic E-state index is 4.84. The van der Waals surface area contributed by atoms with Crippen molar-refractivity contribution in [2.24, 2.45) is 10.4 Å². The molecule has 1 fully saturated rings. The standard InChI is InChI=1S/C19H29N5.HI/c1-6-20-17(24-14-18(2,3)19(24,4)5)21-11-10-15-13-23-12-8-7-9-16(23)22-15;/h7-9,12-13H,6,10-11,14H2,1-5H3,(H,20,21);1H. The largest absolute Gasteiger partial charge is 0.356 e. The maximum atomic E-state index is 4.84. The molecule has 0 bridgehead atoms. The summed E-state index contributed by atoms with van der Waals surface area (Å²) in [5.41, 5.74) is 2.51. The molecule has 2 aromatic rings. The third kappa shape index (κ3) is 3.78. The van der Waals surface area contributed by atoms with Crippen molar-refractivity contribution in [1.82, 2.24) is 19.6 Å². The molecule has 138 valence electrons. The van der Waals surface area contributed by atoms with Crippen LogP contribution >= 0.6 is 24.0 Å². The van der Waals surface area contributed by atoms with Crippen LogP contribution in [0.5, 0.6) is 0 Å². The Morgan fingerprint density at radius 1 is 1.28 bits per heavy atom. The molecule has 0 aliphatic carbocycles. The predicted octanol–water partition coefficient (Wildman–Crippen LogP) is 3.58. The molecule has 0 aromatic carbocycles. The van der Waals surface area contributed by atoms with Gasteiger partial charge in [0.15, 0.2) is 5.96 Å². The summed E-state index contributed by atoms with van der Waals surface area (Å²) >= 11 is 0. The summed E-state index contributed by atoms with van der Waals surface area (Å²) in [5, 5.41) is 3.44. The first kappa shape index (κ1) is 20.0. The fourth-order valence-corrected chi connectivity index (χ4v) is 3.18. The topological polar surface area (TPSA) is 44.9 Å². The zero-order chi connectivity index (χ0) is 17.4. The van der Waals surface area contributed by atoms with Crippen molar-refractivity contribution < 1.29 is 0 Å². The molecule has 1 N–H and O–H groups in total. The van der Waals surface area contributed by atoms with Crippen molar-refractivity contribution in [3.05, 3.63) is 36.3 Å². The molecule has 0 radical (unpaired) electrons. The van der Waals surface area contributed by atoms with E-state index in [1.165, 1.54) is 0 Å². The normalized spacial score (nSPS) is 18.6. The Balaban J connectivity index is 0.00000225. The number of imidazole rings is 1. The second-order valence-corrected chi connectivity index (χ2v) is 7.71. The Bertz CT molecular complexity index is 714. The molecule has 1 saturated heterocycles. The summed E-state index contributed by atoms with van der Waals surface area (Å²) in [4.78, 5) is 11.9. The van der Waals surface area contributed by atoms with Crippen LogP contribution < -0.4 is 5.32 Å². The monoisotopic (exact) mass is 455 g/mol. The van der Waals surface area contributed by atoms with Crippen LogP contribution in [0.25, 0.3) is 5.65 Å². The van der Waals surface area contributed by atoms with Crippen molar-refractivity contribution >= 4 is 35.6 Å². The van der Waals surface area contributed by atoms with Gasteiger partial charge < -0.3 is 14.6 Å². The molecule has 5 nitrogen and oxygen atoms in total. The number of nitrogens with zero attached hydrogens (tertiary/aromatic N) is 4. The highest BCUT2D eigenvalue weighted by atomic mass is 127. The molecule has 0 atom stereocenters. The first-order valence-electron chi connectivity index (χ1n) is 8.84. The molecule has 25 heavy (non-hydrogen) atoms. The van der Waals surface area contributed by atoms with Gasteiger partial charge in [0.25, 0.3) is 0 Å². The van der Waals surface area contributed by atoms with E-state index >= 15 is 0 Å². The van der Waals surface area contributed by atoms with Crippen molar-refractivity contribution in [3.63, 3.8) is 0 Å². The molecule has 1 aliphatic heterocycles. The number of hydrogen-bond donors (Lipinski definition) is 1. The molecule has 0 unspecified atom stereocenters. The molecule has 0 amide bonds. The van der Waals surface area contributed by atoms with E-state index in [0.717, 1.165) is 43.4 Å². The minimum absolute atomic E-state index is 0. The second-order valence-electron chi connectivity index (χ2n) is 7.71. The van der Waals surface area contributed by atoms with Crippen LogP contribution in [0.4, 0.5) is 0 Å². The number of guanidine groups is 1. The Kier molecular flexibility index (Phi) is 6.01. The Hall–Kier alpha value is -1.31. The van der Waals surface area contributed by atoms with Gasteiger partial charge in [-0.05, 0) is 32.9 Å². The van der Waals surface area contributed by atoms with Crippen molar-refractivity contribution in [1.29, 1.82) is 0 Å². The van der Waals surface area contributed by atoms with E-state index in [4.69, 9.17) is 4.99 Å². The third-order valence-corrected chi connectivity index (χ3v) is 5.52. The van der Waals surface area contributed by atoms with Crippen LogP contribution in [0.2, 0.25) is 0 Å². The highest BCUT2D eigenvalue weighted by molar-refractivity contribution is 14.0. The fourth-order valence-electron chi connectivity index (χ4n) is 3.18. The van der Waals surface area contributed by atoms with Crippen molar-refractivity contribution in [2.45, 2.75) is 46.6 Å². The molecule has 6 heteroatoms. The van der Waals surface area contributed by atoms with Gasteiger partial charge in [0, 0.05) is 49.4 Å². The smallest absolute Gasteiger partial charge is 0.194 e. The minimum Gasteiger partial charge on any atom is -0.356 e. The van der Waals surface area contributed by atoms with Gasteiger partial charge in [-0.25, -0.2) is 4.98 Å². The van der Waals surface area contributed by atoms with Crippen LogP contribution in [0.3, 0.4) is 0 Å². The second kappa shape index (κ2) is 7.51. The van der Waals surface area contributed by atoms with Crippen LogP contribution in [0.1, 0.15) is 40.3 Å². The van der Waals surface area contributed by atoms with Crippen LogP contribution in [-0.2, 0) is 6.42 Å². The summed E-state index contributed by atoms with van der Waals surface area (Å²) in [6.45, 7) is 14.0. The molecule has 3 heterocycles. The number of fused-ring (bicyclic) bond motifs is 1. The summed E-state index contributed by atoms with van der Waals surface area (Å²) < 4.78 is 2.06. The number of halogens is 1. The third-order valence-electron chi connectivity index (χ3n) is 5.52. The van der Waals surface area contributed by atoms with E-state index in [1.54, 1.807) is 0 Å². The number of rotatable bonds is 4. The van der Waals surface area contributed by atoms with E-state index < -0.39 is 0 Å². The van der Waals surface area contributed by atoms with E-state index in [2.05, 4.69) is 60.4 Å². The van der Waals surface area contributed by atoms with Gasteiger partial charge in [-0.3, -0.25) is 4.99 Å². The zero-order valence-electron chi connectivity index (χ0n) is 15.9. The van der Waals surface area contributed by atoms with Gasteiger partial charge in [0.1, 0.15) is 5.65 Å². The van der Waals surface area contributed by atoms with Crippen molar-refractivity contribution in [2.75, 3.05) is 19.6 Å². The lowest BCUT2D eigenvalue weighted by atomic mass is 9.65. The summed E-state index contributed by atoms with van der Waals surface area (Å²) in [6.07, 6.45) is 4.98. The van der Waals surface area contributed by atoms with Crippen LogP contribution in [-0.4, -0.2) is 45.4 Å². The van der Waals surface area contributed by atoms with Gasteiger partial charge >= 0.3 is 0 Å². The maximum Gasteiger partial charge on any atom is 0.194 e. The molecular formula is C19H30IN5. The number of likely N-dealkylation sites (tertiary alicyclic amines) is 1. The quantitative estimate of drug-likeness (QED) is 0.436. The average molecular weight is 455 g/mol. The lowest BCUT2D eigenvalue weighted by molar-refractivity contribution is -0.0667. The molecule has 2 aromatic heterocycles. The van der Waals surface area contributed by atoms with Gasteiger partial charge in [0.05, 0.1) is 5.69 Å². The predicted molar refractivity (Wildman–Crippen MR) is 115 cm³/mol. The first-order valence-corrected chi connectivity index (χ1v) is 8.84. The number of nitrogens with one attached hydrogen (secondary N) is 1. The number of pyridine rings is 1. The molecule has 1 aliphatic rings. The number of hydrogen-bond acceptors (Lipinski definition) is 2. The van der Waals surface area contributed by atoms with Crippen LogP contribution in [0, 0.1) is 5.41 Å². The molecule has 3 rings (SSSR count). The first-order chi connectivity index (χ1) is 11.3. The summed E-state index contributed by atoms with van der Waals surface area (Å²) in [6, 6.07) is 6.07. The number of aromatic nitrogens is 2. The lowest BCUT2D eigenvalue weighted by Crippen LogP contribution is -2.72. The molecule has 0 spiro atoms. The molecule has 0 saturated carbocycles.